The van der Waals surface area contributed by atoms with Gasteiger partial charge in [-0.15, -0.1) is 0 Å². The predicted molar refractivity (Wildman–Crippen MR) is 77.8 cm³/mol. The smallest absolute Gasteiger partial charge is 0.272 e. The van der Waals surface area contributed by atoms with Crippen LogP contribution in [0.15, 0.2) is 6.07 Å². The molecule has 1 N–H and O–H groups in total. The monoisotopic (exact) mass is 285 g/mol. The second-order valence-corrected chi connectivity index (χ2v) is 7.35. The maximum atomic E-state index is 12.0. The Balaban J connectivity index is 2.81. The Labute approximate surface area is 117 Å². The molecule has 0 saturated carbocycles. The van der Waals surface area contributed by atoms with Crippen molar-refractivity contribution in [2.75, 3.05) is 12.0 Å². The van der Waals surface area contributed by atoms with Crippen LogP contribution in [0.3, 0.4) is 0 Å². The van der Waals surface area contributed by atoms with Gasteiger partial charge in [-0.2, -0.15) is 5.10 Å². The van der Waals surface area contributed by atoms with Crippen molar-refractivity contribution in [1.82, 2.24) is 15.1 Å². The van der Waals surface area contributed by atoms with Crippen molar-refractivity contribution in [1.29, 1.82) is 0 Å². The number of aryl methyl sites for hydroxylation is 1. The molecule has 0 saturated heterocycles. The van der Waals surface area contributed by atoms with Gasteiger partial charge in [0.05, 0.1) is 5.54 Å². The summed E-state index contributed by atoms with van der Waals surface area (Å²) in [5.74, 6) is 0.231. The standard InChI is InChI=1S/C13H23N3O2S/c1-9(8-19(6)18)14-12(17)11-7-10(2)16(15-11)13(3,4)5/h7,9H,8H2,1-6H3,(H,14,17)/t9-,19+/m0/s1. The number of carbonyl (C=O) groups excluding carboxylic acids is 1. The maximum absolute atomic E-state index is 12.0. The lowest BCUT2D eigenvalue weighted by atomic mass is 10.1. The van der Waals surface area contributed by atoms with E-state index in [-0.39, 0.29) is 17.5 Å². The van der Waals surface area contributed by atoms with E-state index in [4.69, 9.17) is 0 Å². The van der Waals surface area contributed by atoms with Gasteiger partial charge in [0.15, 0.2) is 0 Å². The van der Waals surface area contributed by atoms with Gasteiger partial charge in [0.25, 0.3) is 5.91 Å². The van der Waals surface area contributed by atoms with Crippen LogP contribution in [-0.2, 0) is 16.3 Å². The Morgan fingerprint density at radius 3 is 2.53 bits per heavy atom. The minimum atomic E-state index is -0.922. The van der Waals surface area contributed by atoms with Crippen LogP contribution < -0.4 is 5.32 Å². The highest BCUT2D eigenvalue weighted by Gasteiger charge is 2.21. The third kappa shape index (κ3) is 4.45. The fraction of sp³-hybridized carbons (Fsp3) is 0.692. The summed E-state index contributed by atoms with van der Waals surface area (Å²) in [6, 6.07) is 1.65. The van der Waals surface area contributed by atoms with E-state index in [2.05, 4.69) is 10.4 Å². The molecule has 0 spiro atoms. The normalized spacial score (nSPS) is 15.1. The molecule has 0 aliphatic rings. The topological polar surface area (TPSA) is 64.0 Å². The first-order valence-electron chi connectivity index (χ1n) is 6.29. The number of hydrogen-bond donors (Lipinski definition) is 1. The molecule has 2 atom stereocenters. The van der Waals surface area contributed by atoms with Crippen LogP contribution in [0.1, 0.15) is 43.9 Å². The molecule has 0 radical (unpaired) electrons. The van der Waals surface area contributed by atoms with Gasteiger partial charge in [0, 0.05) is 34.5 Å². The SMILES string of the molecule is Cc1cc(C(=O)N[C@@H](C)C[S@@](C)=O)nn1C(C)(C)C. The number of carbonyl (C=O) groups is 1. The summed E-state index contributed by atoms with van der Waals surface area (Å²) >= 11 is 0. The number of amides is 1. The highest BCUT2D eigenvalue weighted by Crippen LogP contribution is 2.16. The summed E-state index contributed by atoms with van der Waals surface area (Å²) in [5.41, 5.74) is 1.20. The molecule has 0 aromatic carbocycles. The molecule has 1 amide bonds. The van der Waals surface area contributed by atoms with Crippen molar-refractivity contribution in [3.63, 3.8) is 0 Å². The highest BCUT2D eigenvalue weighted by atomic mass is 32.2. The molecule has 6 heteroatoms. The molecule has 108 valence electrons. The van der Waals surface area contributed by atoms with Crippen LogP contribution in [0.25, 0.3) is 0 Å². The van der Waals surface area contributed by atoms with Gasteiger partial charge in [0.2, 0.25) is 0 Å². The first-order chi connectivity index (χ1) is 8.61. The van der Waals surface area contributed by atoms with Crippen LogP contribution in [0, 0.1) is 6.92 Å². The van der Waals surface area contributed by atoms with E-state index in [1.165, 1.54) is 0 Å². The Morgan fingerprint density at radius 1 is 1.53 bits per heavy atom. The van der Waals surface area contributed by atoms with E-state index >= 15 is 0 Å². The van der Waals surface area contributed by atoms with Gasteiger partial charge in [-0.1, -0.05) is 0 Å². The van der Waals surface area contributed by atoms with Crippen LogP contribution in [0.2, 0.25) is 0 Å². The van der Waals surface area contributed by atoms with Crippen LogP contribution in [0.5, 0.6) is 0 Å². The summed E-state index contributed by atoms with van der Waals surface area (Å²) in [7, 11) is -0.922. The molecular weight excluding hydrogens is 262 g/mol. The maximum Gasteiger partial charge on any atom is 0.272 e. The van der Waals surface area contributed by atoms with E-state index in [1.807, 2.05) is 39.3 Å². The molecule has 0 fully saturated rings. The summed E-state index contributed by atoms with van der Waals surface area (Å²) in [4.78, 5) is 12.0. The third-order valence-electron chi connectivity index (χ3n) is 2.62. The average molecular weight is 285 g/mol. The van der Waals surface area contributed by atoms with Gasteiger partial charge in [0.1, 0.15) is 5.69 Å². The van der Waals surface area contributed by atoms with Crippen molar-refractivity contribution >= 4 is 16.7 Å². The van der Waals surface area contributed by atoms with Gasteiger partial charge in [-0.05, 0) is 40.7 Å². The predicted octanol–water partition coefficient (Wildman–Crippen LogP) is 1.44. The average Bonchev–Trinajstić information content (AvgIpc) is 2.58. The fourth-order valence-electron chi connectivity index (χ4n) is 1.96. The van der Waals surface area contributed by atoms with E-state index in [9.17, 15) is 9.00 Å². The molecule has 0 unspecified atom stereocenters. The molecular formula is C13H23N3O2S. The lowest BCUT2D eigenvalue weighted by molar-refractivity contribution is 0.0937. The van der Waals surface area contributed by atoms with Gasteiger partial charge in [-0.3, -0.25) is 13.7 Å². The van der Waals surface area contributed by atoms with Gasteiger partial charge >= 0.3 is 0 Å². The fourth-order valence-corrected chi connectivity index (χ4v) is 2.74. The lowest BCUT2D eigenvalue weighted by Crippen LogP contribution is -2.36. The molecule has 5 nitrogen and oxygen atoms in total. The second-order valence-electron chi connectivity index (χ2n) is 5.87. The first-order valence-corrected chi connectivity index (χ1v) is 8.02. The molecule has 0 aliphatic carbocycles. The second kappa shape index (κ2) is 5.86. The summed E-state index contributed by atoms with van der Waals surface area (Å²) in [6.45, 7) is 9.89. The zero-order valence-electron chi connectivity index (χ0n) is 12.5. The van der Waals surface area contributed by atoms with Crippen molar-refractivity contribution in [3.8, 4) is 0 Å². The highest BCUT2D eigenvalue weighted by molar-refractivity contribution is 7.84. The Hall–Kier alpha value is -1.17. The zero-order chi connectivity index (χ0) is 14.8. The molecule has 0 aliphatic heterocycles. The third-order valence-corrected chi connectivity index (χ3v) is 3.59. The molecule has 19 heavy (non-hydrogen) atoms. The molecule has 0 bridgehead atoms. The minimum absolute atomic E-state index is 0.126. The minimum Gasteiger partial charge on any atom is -0.347 e. The van der Waals surface area contributed by atoms with E-state index in [1.54, 1.807) is 12.3 Å². The van der Waals surface area contributed by atoms with Crippen molar-refractivity contribution in [2.45, 2.75) is 46.2 Å². The number of nitrogens with one attached hydrogen (secondary N) is 1. The summed E-state index contributed by atoms with van der Waals surface area (Å²) < 4.78 is 12.9. The zero-order valence-corrected chi connectivity index (χ0v) is 13.3. The number of hydrogen-bond acceptors (Lipinski definition) is 3. The summed E-state index contributed by atoms with van der Waals surface area (Å²) in [5, 5.41) is 7.15. The number of rotatable bonds is 4. The van der Waals surface area contributed by atoms with Crippen LogP contribution >= 0.6 is 0 Å². The number of nitrogens with zero attached hydrogens (tertiary/aromatic N) is 2. The molecule has 1 heterocycles. The van der Waals surface area contributed by atoms with Crippen LogP contribution in [-0.4, -0.2) is 37.9 Å². The quantitative estimate of drug-likeness (QED) is 0.910. The Morgan fingerprint density at radius 2 is 2.11 bits per heavy atom. The number of aromatic nitrogens is 2. The van der Waals surface area contributed by atoms with Crippen molar-refractivity contribution < 1.29 is 9.00 Å². The van der Waals surface area contributed by atoms with E-state index in [0.29, 0.717) is 11.4 Å². The molecule has 1 rings (SSSR count). The van der Waals surface area contributed by atoms with Crippen molar-refractivity contribution in [3.05, 3.63) is 17.5 Å². The van der Waals surface area contributed by atoms with E-state index in [0.717, 1.165) is 5.69 Å². The van der Waals surface area contributed by atoms with E-state index < -0.39 is 10.8 Å². The Bertz CT molecular complexity index is 489. The lowest BCUT2D eigenvalue weighted by Gasteiger charge is -2.21. The molecule has 1 aromatic heterocycles. The van der Waals surface area contributed by atoms with Crippen molar-refractivity contribution in [2.24, 2.45) is 0 Å². The first kappa shape index (κ1) is 15.9. The Kier molecular flexibility index (Phi) is 4.90. The summed E-state index contributed by atoms with van der Waals surface area (Å²) in [6.07, 6.45) is 1.63. The molecule has 1 aromatic rings. The van der Waals surface area contributed by atoms with Gasteiger partial charge in [-0.25, -0.2) is 0 Å². The van der Waals surface area contributed by atoms with Crippen LogP contribution in [0.4, 0.5) is 0 Å². The largest absolute Gasteiger partial charge is 0.347 e. The van der Waals surface area contributed by atoms with Gasteiger partial charge < -0.3 is 5.32 Å².